The molecule has 0 saturated carbocycles. The van der Waals surface area contributed by atoms with Crippen molar-refractivity contribution in [1.29, 1.82) is 0 Å². The first-order valence-electron chi connectivity index (χ1n) is 7.19. The highest BCUT2D eigenvalue weighted by atomic mass is 127. The highest BCUT2D eigenvalue weighted by Gasteiger charge is 2.75. The number of rotatable bonds is 8. The van der Waals surface area contributed by atoms with Gasteiger partial charge in [0.05, 0.1) is 26.7 Å². The molecule has 0 amide bonds. The molecule has 0 spiro atoms. The Balaban J connectivity index is 0.00000529. The molecule has 1 rings (SSSR count). The monoisotopic (exact) mass is 485 g/mol. The Kier molecular flexibility index (Phi) is 8.68. The predicted octanol–water partition coefficient (Wildman–Crippen LogP) is 0.808. The first-order chi connectivity index (χ1) is 10.4. The molecule has 0 unspecified atom stereocenters. The molecule has 0 radical (unpaired) electrons. The third-order valence-electron chi connectivity index (χ3n) is 4.11. The van der Waals surface area contributed by atoms with Gasteiger partial charge in [0, 0.05) is 0 Å². The van der Waals surface area contributed by atoms with Gasteiger partial charge in [-0.3, -0.25) is 0 Å². The van der Waals surface area contributed by atoms with E-state index in [9.17, 15) is 35.1 Å². The van der Waals surface area contributed by atoms with Crippen molar-refractivity contribution >= 4 is 0 Å². The number of quaternary nitrogens is 1. The third-order valence-corrected chi connectivity index (χ3v) is 4.11. The molecule has 1 aliphatic rings. The fourth-order valence-corrected chi connectivity index (χ4v) is 2.46. The molecule has 1 aliphatic heterocycles. The smallest absolute Gasteiger partial charge is 0.380 e. The number of hydrogen-bond donors (Lipinski definition) is 0. The number of alkyl halides is 8. The number of halogens is 9. The molecular weight excluding hydrogens is 465 g/mol. The maximum Gasteiger partial charge on any atom is 0.380 e. The Morgan fingerprint density at radius 3 is 1.92 bits per heavy atom. The second-order valence-electron chi connectivity index (χ2n) is 6.11. The fraction of sp³-hybridized carbons (Fsp3) is 1.00. The summed E-state index contributed by atoms with van der Waals surface area (Å²) in [6.07, 6.45) is -1.99. The van der Waals surface area contributed by atoms with Crippen molar-refractivity contribution in [1.82, 2.24) is 0 Å². The van der Waals surface area contributed by atoms with Crippen LogP contribution in [-0.4, -0.2) is 68.6 Å². The van der Waals surface area contributed by atoms with Gasteiger partial charge < -0.3 is 33.2 Å². The molecule has 1 saturated heterocycles. The van der Waals surface area contributed by atoms with E-state index in [1.807, 2.05) is 7.05 Å². The topological polar surface area (TPSA) is 9.23 Å². The van der Waals surface area contributed by atoms with Crippen molar-refractivity contribution in [2.45, 2.75) is 43.5 Å². The maximum absolute atomic E-state index is 13.2. The lowest BCUT2D eigenvalue weighted by Crippen LogP contribution is -3.00. The van der Waals surface area contributed by atoms with Crippen LogP contribution in [0.15, 0.2) is 0 Å². The van der Waals surface area contributed by atoms with Crippen LogP contribution in [0.5, 0.6) is 0 Å². The van der Waals surface area contributed by atoms with E-state index < -0.39 is 30.8 Å². The second-order valence-corrected chi connectivity index (χ2v) is 6.11. The summed E-state index contributed by atoms with van der Waals surface area (Å²) in [4.78, 5) is 0. The maximum atomic E-state index is 13.2. The Morgan fingerprint density at radius 1 is 0.958 bits per heavy atom. The van der Waals surface area contributed by atoms with Crippen molar-refractivity contribution < 1.29 is 68.3 Å². The number of nitrogens with zero attached hydrogens (tertiary/aromatic N) is 1. The van der Waals surface area contributed by atoms with E-state index >= 15 is 0 Å². The van der Waals surface area contributed by atoms with E-state index in [2.05, 4.69) is 4.74 Å². The van der Waals surface area contributed by atoms with Crippen LogP contribution in [0.2, 0.25) is 0 Å². The highest BCUT2D eigenvalue weighted by Crippen LogP contribution is 2.48. The minimum atomic E-state index is -6.20. The average Bonchev–Trinajstić information content (AvgIpc) is 2.44. The number of hydrogen-bond acceptors (Lipinski definition) is 1. The Labute approximate surface area is 152 Å². The molecule has 0 aliphatic carbocycles. The Bertz CT molecular complexity index is 388. The van der Waals surface area contributed by atoms with Crippen LogP contribution >= 0.6 is 0 Å². The van der Waals surface area contributed by atoms with Gasteiger partial charge in [0.1, 0.15) is 13.2 Å². The first kappa shape index (κ1) is 24.1. The number of likely N-dealkylation sites (tertiary alicyclic amines) is 1. The SMILES string of the molecule is C[N+]1(CCOCC(F)(F)C(F)(F)C(F)(F)C(F)F)CCCCC1.[I-]. The van der Waals surface area contributed by atoms with Gasteiger partial charge in [0.15, 0.2) is 0 Å². The largest absolute Gasteiger partial charge is 1.00 e. The van der Waals surface area contributed by atoms with Crippen LogP contribution in [0.4, 0.5) is 35.1 Å². The van der Waals surface area contributed by atoms with Crippen LogP contribution in [0, 0.1) is 0 Å². The van der Waals surface area contributed by atoms with E-state index in [0.717, 1.165) is 32.4 Å². The standard InChI is InChI=1S/C13H20F8NO.HI/c1-22(5-3-2-4-6-22)7-8-23-9-11(16,17)13(20,21)12(18,19)10(14)15;/h10H,2-9H2,1H3;1H/q+1;/p-1. The number of ether oxygens (including phenoxy) is 1. The predicted molar refractivity (Wildman–Crippen MR) is 66.3 cm³/mol. The Morgan fingerprint density at radius 2 is 1.46 bits per heavy atom. The minimum absolute atomic E-state index is 0. The zero-order valence-electron chi connectivity index (χ0n) is 13.0. The number of likely N-dealkylation sites (N-methyl/N-ethyl adjacent to an activating group) is 1. The Hall–Kier alpha value is 0.0900. The lowest BCUT2D eigenvalue weighted by atomic mass is 10.1. The summed E-state index contributed by atoms with van der Waals surface area (Å²) in [5, 5.41) is 0. The summed E-state index contributed by atoms with van der Waals surface area (Å²) in [6.45, 7) is -0.573. The molecule has 2 nitrogen and oxygen atoms in total. The molecule has 0 bridgehead atoms. The lowest BCUT2D eigenvalue weighted by molar-refractivity contribution is -0.914. The zero-order chi connectivity index (χ0) is 17.9. The summed E-state index contributed by atoms with van der Waals surface area (Å²) in [7, 11) is 1.85. The summed E-state index contributed by atoms with van der Waals surface area (Å²) >= 11 is 0. The van der Waals surface area contributed by atoms with E-state index in [0.29, 0.717) is 4.48 Å². The van der Waals surface area contributed by atoms with Gasteiger partial charge in [-0.05, 0) is 19.3 Å². The van der Waals surface area contributed by atoms with Crippen molar-refractivity contribution in [2.75, 3.05) is 39.9 Å². The van der Waals surface area contributed by atoms with E-state index in [1.54, 1.807) is 0 Å². The quantitative estimate of drug-likeness (QED) is 0.214. The van der Waals surface area contributed by atoms with E-state index in [-0.39, 0.29) is 37.1 Å². The van der Waals surface area contributed by atoms with Crippen LogP contribution in [0.25, 0.3) is 0 Å². The molecule has 0 N–H and O–H groups in total. The molecule has 24 heavy (non-hydrogen) atoms. The van der Waals surface area contributed by atoms with E-state index in [1.165, 1.54) is 0 Å². The summed E-state index contributed by atoms with van der Waals surface area (Å²) < 4.78 is 107. The second kappa shape index (κ2) is 8.65. The summed E-state index contributed by atoms with van der Waals surface area (Å²) in [5.41, 5.74) is 0. The van der Waals surface area contributed by atoms with Crippen LogP contribution in [-0.2, 0) is 4.74 Å². The van der Waals surface area contributed by atoms with Gasteiger partial charge in [-0.25, -0.2) is 8.78 Å². The van der Waals surface area contributed by atoms with Gasteiger partial charge >= 0.3 is 24.2 Å². The molecule has 0 aromatic heterocycles. The van der Waals surface area contributed by atoms with Crippen LogP contribution in [0.1, 0.15) is 19.3 Å². The van der Waals surface area contributed by atoms with Crippen molar-refractivity contribution in [3.05, 3.63) is 0 Å². The lowest BCUT2D eigenvalue weighted by Gasteiger charge is -2.38. The molecule has 0 atom stereocenters. The van der Waals surface area contributed by atoms with Gasteiger partial charge in [-0.15, -0.1) is 0 Å². The van der Waals surface area contributed by atoms with E-state index in [4.69, 9.17) is 0 Å². The van der Waals surface area contributed by atoms with Crippen molar-refractivity contribution in [3.8, 4) is 0 Å². The van der Waals surface area contributed by atoms with Gasteiger partial charge in [0.25, 0.3) is 0 Å². The average molecular weight is 485 g/mol. The molecule has 1 heterocycles. The molecule has 11 heteroatoms. The van der Waals surface area contributed by atoms with Crippen LogP contribution < -0.4 is 24.0 Å². The number of piperidine rings is 1. The molecule has 1 fully saturated rings. The summed E-state index contributed by atoms with van der Waals surface area (Å²) in [6, 6.07) is 0. The van der Waals surface area contributed by atoms with Crippen LogP contribution in [0.3, 0.4) is 0 Å². The fourth-order valence-electron chi connectivity index (χ4n) is 2.46. The third kappa shape index (κ3) is 5.29. The summed E-state index contributed by atoms with van der Waals surface area (Å²) in [5.74, 6) is -17.7. The molecular formula is C13H20F8INO. The highest BCUT2D eigenvalue weighted by molar-refractivity contribution is 4.97. The normalized spacial score (nSPS) is 19.2. The minimum Gasteiger partial charge on any atom is -1.00 e. The zero-order valence-corrected chi connectivity index (χ0v) is 15.1. The van der Waals surface area contributed by atoms with Gasteiger partial charge in [-0.1, -0.05) is 0 Å². The van der Waals surface area contributed by atoms with Gasteiger partial charge in [-0.2, -0.15) is 26.3 Å². The van der Waals surface area contributed by atoms with Crippen molar-refractivity contribution in [2.24, 2.45) is 0 Å². The molecule has 0 aromatic carbocycles. The molecule has 146 valence electrons. The molecule has 0 aromatic rings. The first-order valence-corrected chi connectivity index (χ1v) is 7.19. The van der Waals surface area contributed by atoms with Gasteiger partial charge in [0.2, 0.25) is 0 Å². The van der Waals surface area contributed by atoms with Crippen molar-refractivity contribution in [3.63, 3.8) is 0 Å².